The monoisotopic (exact) mass is 290 g/mol. The second-order valence-corrected chi connectivity index (χ2v) is 5.83. The molecule has 3 aromatic rings. The van der Waals surface area contributed by atoms with Gasteiger partial charge in [0.2, 0.25) is 5.69 Å². The summed E-state index contributed by atoms with van der Waals surface area (Å²) in [5.74, 6) is 0. The van der Waals surface area contributed by atoms with E-state index in [2.05, 4.69) is 34.7 Å². The third kappa shape index (κ3) is 1.87. The Labute approximate surface area is 135 Å². The lowest BCUT2D eigenvalue weighted by molar-refractivity contribution is -0.660. The lowest BCUT2D eigenvalue weighted by Crippen LogP contribution is -2.30. The standard InChI is InChI=1S/C20H19N2/c1-13-7-8-17-16-10-9-15(20-6-4-5-11-22(20)3)14(2)18(16)12-19(17)21-13/h4-11H,12H2,1-3H3/q+1/i1D3. The first kappa shape index (κ1) is 10.3. The Morgan fingerprint density at radius 2 is 1.86 bits per heavy atom. The van der Waals surface area contributed by atoms with Crippen molar-refractivity contribution in [1.82, 2.24) is 4.98 Å². The molecule has 0 fully saturated rings. The van der Waals surface area contributed by atoms with E-state index in [4.69, 9.17) is 4.11 Å². The highest BCUT2D eigenvalue weighted by atomic mass is 14.9. The number of aryl methyl sites for hydroxylation is 2. The van der Waals surface area contributed by atoms with Crippen molar-refractivity contribution in [1.29, 1.82) is 0 Å². The van der Waals surface area contributed by atoms with Crippen LogP contribution < -0.4 is 4.57 Å². The fourth-order valence-electron chi connectivity index (χ4n) is 3.37. The molecule has 2 nitrogen and oxygen atoms in total. The van der Waals surface area contributed by atoms with E-state index in [1.807, 2.05) is 31.4 Å². The van der Waals surface area contributed by atoms with Crippen molar-refractivity contribution in [3.8, 4) is 22.4 Å². The molecule has 2 aromatic heterocycles. The number of hydrogen-bond acceptors (Lipinski definition) is 1. The van der Waals surface area contributed by atoms with Crippen LogP contribution in [0.4, 0.5) is 0 Å². The summed E-state index contributed by atoms with van der Waals surface area (Å²) in [7, 11) is 2.04. The Balaban J connectivity index is 1.84. The van der Waals surface area contributed by atoms with Crippen LogP contribution in [0.15, 0.2) is 48.7 Å². The van der Waals surface area contributed by atoms with E-state index in [-0.39, 0.29) is 5.69 Å². The molecule has 22 heavy (non-hydrogen) atoms. The zero-order chi connectivity index (χ0) is 17.8. The third-order valence-corrected chi connectivity index (χ3v) is 4.54. The molecule has 0 aliphatic heterocycles. The van der Waals surface area contributed by atoms with Gasteiger partial charge in [0.25, 0.3) is 0 Å². The van der Waals surface area contributed by atoms with E-state index >= 15 is 0 Å². The third-order valence-electron chi connectivity index (χ3n) is 4.54. The van der Waals surface area contributed by atoms with Crippen molar-refractivity contribution < 1.29 is 8.68 Å². The largest absolute Gasteiger partial charge is 0.257 e. The number of fused-ring (bicyclic) bond motifs is 3. The van der Waals surface area contributed by atoms with Crippen LogP contribution in [0.5, 0.6) is 0 Å². The second-order valence-electron chi connectivity index (χ2n) is 5.83. The highest BCUT2D eigenvalue weighted by Gasteiger charge is 2.24. The lowest BCUT2D eigenvalue weighted by Gasteiger charge is -2.09. The van der Waals surface area contributed by atoms with Crippen molar-refractivity contribution in [2.24, 2.45) is 7.05 Å². The normalized spacial score (nSPS) is 14.7. The molecule has 4 rings (SSSR count). The quantitative estimate of drug-likeness (QED) is 0.488. The van der Waals surface area contributed by atoms with Gasteiger partial charge in [-0.2, -0.15) is 0 Å². The number of pyridine rings is 2. The van der Waals surface area contributed by atoms with Gasteiger partial charge in [-0.05, 0) is 48.7 Å². The molecule has 1 aliphatic rings. The van der Waals surface area contributed by atoms with Crippen LogP contribution in [0.2, 0.25) is 0 Å². The minimum Gasteiger partial charge on any atom is -0.257 e. The molecule has 0 N–H and O–H groups in total. The smallest absolute Gasteiger partial charge is 0.212 e. The van der Waals surface area contributed by atoms with Gasteiger partial charge in [0.1, 0.15) is 7.05 Å². The predicted molar refractivity (Wildman–Crippen MR) is 88.6 cm³/mol. The maximum absolute atomic E-state index is 7.58. The number of hydrogen-bond donors (Lipinski definition) is 0. The molecule has 108 valence electrons. The summed E-state index contributed by atoms with van der Waals surface area (Å²) < 4.78 is 24.8. The fraction of sp³-hybridized carbons (Fsp3) is 0.200. The van der Waals surface area contributed by atoms with Gasteiger partial charge in [0, 0.05) is 39.5 Å². The summed E-state index contributed by atoms with van der Waals surface area (Å²) >= 11 is 0. The molecule has 2 heterocycles. The van der Waals surface area contributed by atoms with Crippen molar-refractivity contribution in [2.75, 3.05) is 0 Å². The topological polar surface area (TPSA) is 16.8 Å². The van der Waals surface area contributed by atoms with Gasteiger partial charge in [-0.15, -0.1) is 0 Å². The zero-order valence-electron chi connectivity index (χ0n) is 15.7. The SMILES string of the molecule is [2H]C([2H])([2H])c1ccc2c(n1)Cc1c-2ccc(-c2cccc[n+]2C)c1C. The average molecular weight is 290 g/mol. The van der Waals surface area contributed by atoms with Gasteiger partial charge >= 0.3 is 0 Å². The zero-order valence-corrected chi connectivity index (χ0v) is 12.7. The molecule has 0 bridgehead atoms. The Morgan fingerprint density at radius 3 is 2.68 bits per heavy atom. The maximum atomic E-state index is 7.58. The minimum atomic E-state index is -2.16. The summed E-state index contributed by atoms with van der Waals surface area (Å²) in [5.41, 5.74) is 8.09. The fourth-order valence-corrected chi connectivity index (χ4v) is 3.37. The first-order valence-electron chi connectivity index (χ1n) is 8.94. The molecule has 0 unspecified atom stereocenters. The summed E-state index contributed by atoms with van der Waals surface area (Å²) in [6.07, 6.45) is 2.73. The molecular formula is C20H19N2+. The summed E-state index contributed by atoms with van der Waals surface area (Å²) in [6, 6.07) is 14.0. The Morgan fingerprint density at radius 1 is 1.05 bits per heavy atom. The van der Waals surface area contributed by atoms with Gasteiger partial charge in [-0.25, -0.2) is 4.57 Å². The van der Waals surface area contributed by atoms with Crippen LogP contribution in [0.3, 0.4) is 0 Å². The molecule has 0 saturated heterocycles. The summed E-state index contributed by atoms with van der Waals surface area (Å²) in [4.78, 5) is 4.43. The molecular weight excluding hydrogens is 268 g/mol. The van der Waals surface area contributed by atoms with E-state index in [9.17, 15) is 0 Å². The van der Waals surface area contributed by atoms with Crippen LogP contribution in [0.1, 0.15) is 26.6 Å². The first-order chi connectivity index (χ1) is 11.9. The van der Waals surface area contributed by atoms with Crippen LogP contribution in [0.25, 0.3) is 22.4 Å². The number of rotatable bonds is 1. The molecule has 1 aliphatic carbocycles. The molecule has 0 saturated carbocycles. The molecule has 0 atom stereocenters. The summed E-state index contributed by atoms with van der Waals surface area (Å²) in [6.45, 7) is -0.0283. The van der Waals surface area contributed by atoms with Crippen molar-refractivity contribution in [3.05, 3.63) is 71.2 Å². The Hall–Kier alpha value is -2.48. The van der Waals surface area contributed by atoms with Crippen molar-refractivity contribution in [3.63, 3.8) is 0 Å². The highest BCUT2D eigenvalue weighted by Crippen LogP contribution is 2.40. The Bertz CT molecular complexity index is 991. The van der Waals surface area contributed by atoms with Gasteiger partial charge in [0.15, 0.2) is 6.20 Å². The van der Waals surface area contributed by atoms with Gasteiger partial charge in [0.05, 0.1) is 5.69 Å². The number of aromatic nitrogens is 2. The van der Waals surface area contributed by atoms with Crippen LogP contribution >= 0.6 is 0 Å². The molecule has 1 aromatic carbocycles. The van der Waals surface area contributed by atoms with E-state index in [1.54, 1.807) is 6.07 Å². The Kier molecular flexibility index (Phi) is 2.23. The highest BCUT2D eigenvalue weighted by molar-refractivity contribution is 5.80. The van der Waals surface area contributed by atoms with Gasteiger partial charge in [-0.1, -0.05) is 12.1 Å². The van der Waals surface area contributed by atoms with E-state index < -0.39 is 6.85 Å². The van der Waals surface area contributed by atoms with E-state index in [0.29, 0.717) is 6.42 Å². The van der Waals surface area contributed by atoms with Gasteiger partial charge < -0.3 is 0 Å². The number of benzene rings is 1. The molecule has 0 radical (unpaired) electrons. The molecule has 2 heteroatoms. The average Bonchev–Trinajstić information content (AvgIpc) is 2.94. The maximum Gasteiger partial charge on any atom is 0.212 e. The lowest BCUT2D eigenvalue weighted by atomic mass is 9.95. The van der Waals surface area contributed by atoms with Crippen molar-refractivity contribution >= 4 is 0 Å². The minimum absolute atomic E-state index is 0.173. The van der Waals surface area contributed by atoms with Crippen LogP contribution in [-0.4, -0.2) is 4.98 Å². The second kappa shape index (κ2) is 4.77. The van der Waals surface area contributed by atoms with E-state index in [1.165, 1.54) is 22.3 Å². The van der Waals surface area contributed by atoms with E-state index in [0.717, 1.165) is 17.0 Å². The number of nitrogens with zero attached hydrogens (tertiary/aromatic N) is 2. The van der Waals surface area contributed by atoms with Crippen LogP contribution in [0, 0.1) is 13.8 Å². The van der Waals surface area contributed by atoms with Gasteiger partial charge in [-0.3, -0.25) is 4.98 Å². The predicted octanol–water partition coefficient (Wildman–Crippen LogP) is 3.76. The molecule has 0 spiro atoms. The van der Waals surface area contributed by atoms with Crippen LogP contribution in [-0.2, 0) is 13.5 Å². The molecule has 0 amide bonds. The summed E-state index contributed by atoms with van der Waals surface area (Å²) in [5, 5.41) is 0. The first-order valence-corrected chi connectivity index (χ1v) is 7.44. The van der Waals surface area contributed by atoms with Crippen molar-refractivity contribution in [2.45, 2.75) is 20.2 Å².